The fraction of sp³-hybridized carbons (Fsp3) is 0.211. The van der Waals surface area contributed by atoms with E-state index < -0.39 is 0 Å². The molecule has 0 amide bonds. The van der Waals surface area contributed by atoms with Gasteiger partial charge in [0, 0.05) is 37.3 Å². The lowest BCUT2D eigenvalue weighted by Crippen LogP contribution is -2.23. The predicted octanol–water partition coefficient (Wildman–Crippen LogP) is 4.50. The minimum Gasteiger partial charge on any atom is -0.375 e. The van der Waals surface area contributed by atoms with Crippen molar-refractivity contribution in [3.05, 3.63) is 76.7 Å². The molecule has 0 spiro atoms. The second-order valence-corrected chi connectivity index (χ2v) is 5.93. The fourth-order valence-corrected chi connectivity index (χ4v) is 2.99. The van der Waals surface area contributed by atoms with Crippen LogP contribution < -0.4 is 5.32 Å². The van der Waals surface area contributed by atoms with Gasteiger partial charge in [0.1, 0.15) is 5.82 Å². The number of pyridine rings is 1. The van der Waals surface area contributed by atoms with Gasteiger partial charge in [-0.2, -0.15) is 0 Å². The number of benzene rings is 2. The maximum Gasteiger partial charge on any atom is 0.123 e. The van der Waals surface area contributed by atoms with Crippen LogP contribution in [0.25, 0.3) is 10.9 Å². The summed E-state index contributed by atoms with van der Waals surface area (Å²) in [6.45, 7) is 1.21. The highest BCUT2D eigenvalue weighted by Gasteiger charge is 2.17. The van der Waals surface area contributed by atoms with Gasteiger partial charge in [0.2, 0.25) is 0 Å². The van der Waals surface area contributed by atoms with Crippen LogP contribution in [-0.4, -0.2) is 18.6 Å². The molecule has 0 aliphatic carbocycles. The second kappa shape index (κ2) is 7.71. The van der Waals surface area contributed by atoms with Crippen molar-refractivity contribution >= 4 is 22.5 Å². The number of para-hydroxylation sites is 1. The van der Waals surface area contributed by atoms with Gasteiger partial charge in [-0.25, -0.2) is 4.39 Å². The van der Waals surface area contributed by atoms with Gasteiger partial charge in [-0.15, -0.1) is 0 Å². The highest BCUT2D eigenvalue weighted by atomic mass is 35.5. The minimum absolute atomic E-state index is 0.203. The smallest absolute Gasteiger partial charge is 0.123 e. The standard InChI is InChI=1S/C19H18ClFN2O/c1-24-18(12-22-10-13-6-8-14(21)9-7-13)19-15-4-2-3-5-17(15)23-11-16(19)20/h2-9,11,18,22H,10,12H2,1H3. The first-order valence-electron chi connectivity index (χ1n) is 7.70. The van der Waals surface area contributed by atoms with Crippen LogP contribution in [0.4, 0.5) is 4.39 Å². The summed E-state index contributed by atoms with van der Waals surface area (Å²) in [7, 11) is 1.66. The average Bonchev–Trinajstić information content (AvgIpc) is 2.61. The maximum absolute atomic E-state index is 12.9. The van der Waals surface area contributed by atoms with Crippen LogP contribution >= 0.6 is 11.6 Å². The third-order valence-corrected chi connectivity index (χ3v) is 4.25. The number of methoxy groups -OCH3 is 1. The summed E-state index contributed by atoms with van der Waals surface area (Å²) in [6, 6.07) is 14.3. The molecule has 0 aliphatic heterocycles. The van der Waals surface area contributed by atoms with E-state index in [0.29, 0.717) is 18.1 Å². The predicted molar refractivity (Wildman–Crippen MR) is 94.6 cm³/mol. The van der Waals surface area contributed by atoms with Gasteiger partial charge in [-0.3, -0.25) is 4.98 Å². The Bertz CT molecular complexity index is 823. The minimum atomic E-state index is -0.233. The molecule has 1 atom stereocenters. The fourth-order valence-electron chi connectivity index (χ4n) is 2.72. The van der Waals surface area contributed by atoms with Crippen LogP contribution in [0.5, 0.6) is 0 Å². The van der Waals surface area contributed by atoms with E-state index in [4.69, 9.17) is 16.3 Å². The number of rotatable bonds is 6. The number of nitrogens with one attached hydrogen (secondary N) is 1. The number of hydrogen-bond donors (Lipinski definition) is 1. The van der Waals surface area contributed by atoms with E-state index in [-0.39, 0.29) is 11.9 Å². The van der Waals surface area contributed by atoms with Crippen molar-refractivity contribution in [1.82, 2.24) is 10.3 Å². The Morgan fingerprint density at radius 3 is 2.67 bits per heavy atom. The zero-order valence-corrected chi connectivity index (χ0v) is 14.1. The van der Waals surface area contributed by atoms with Gasteiger partial charge < -0.3 is 10.1 Å². The largest absolute Gasteiger partial charge is 0.375 e. The highest BCUT2D eigenvalue weighted by Crippen LogP contribution is 2.31. The first kappa shape index (κ1) is 16.8. The molecule has 0 saturated heterocycles. The summed E-state index contributed by atoms with van der Waals surface area (Å²) in [6.07, 6.45) is 1.46. The van der Waals surface area contributed by atoms with E-state index in [9.17, 15) is 4.39 Å². The van der Waals surface area contributed by atoms with Crippen LogP contribution in [0.15, 0.2) is 54.7 Å². The number of halogens is 2. The normalized spacial score (nSPS) is 12.5. The molecule has 1 aromatic heterocycles. The molecule has 0 saturated carbocycles. The Labute approximate surface area is 145 Å². The Kier molecular flexibility index (Phi) is 5.41. The molecular formula is C19H18ClFN2O. The number of ether oxygens (including phenoxy) is 1. The molecule has 24 heavy (non-hydrogen) atoms. The zero-order chi connectivity index (χ0) is 16.9. The third-order valence-electron chi connectivity index (χ3n) is 3.95. The molecule has 1 unspecified atom stereocenters. The molecule has 5 heteroatoms. The average molecular weight is 345 g/mol. The van der Waals surface area contributed by atoms with Crippen molar-refractivity contribution in [2.24, 2.45) is 0 Å². The van der Waals surface area contributed by atoms with Gasteiger partial charge in [-0.05, 0) is 23.8 Å². The summed E-state index contributed by atoms with van der Waals surface area (Å²) in [4.78, 5) is 4.35. The molecular weight excluding hydrogens is 327 g/mol. The first-order chi connectivity index (χ1) is 11.7. The van der Waals surface area contributed by atoms with E-state index in [2.05, 4.69) is 10.3 Å². The quantitative estimate of drug-likeness (QED) is 0.714. The van der Waals surface area contributed by atoms with Crippen molar-refractivity contribution < 1.29 is 9.13 Å². The molecule has 2 aromatic carbocycles. The number of fused-ring (bicyclic) bond motifs is 1. The summed E-state index contributed by atoms with van der Waals surface area (Å²) in [5.41, 5.74) is 2.82. The Hall–Kier alpha value is -2.01. The van der Waals surface area contributed by atoms with Gasteiger partial charge in [0.05, 0.1) is 16.6 Å². The molecule has 3 nitrogen and oxygen atoms in total. The Balaban J connectivity index is 1.77. The van der Waals surface area contributed by atoms with Crippen LogP contribution in [0, 0.1) is 5.82 Å². The van der Waals surface area contributed by atoms with E-state index in [0.717, 1.165) is 22.0 Å². The van der Waals surface area contributed by atoms with Gasteiger partial charge in [0.15, 0.2) is 0 Å². The molecule has 3 rings (SSSR count). The molecule has 0 radical (unpaired) electrons. The molecule has 0 fully saturated rings. The molecule has 1 heterocycles. The Morgan fingerprint density at radius 1 is 1.17 bits per heavy atom. The molecule has 0 bridgehead atoms. The van der Waals surface area contributed by atoms with Crippen LogP contribution in [0.2, 0.25) is 5.02 Å². The molecule has 1 N–H and O–H groups in total. The monoisotopic (exact) mass is 344 g/mol. The van der Waals surface area contributed by atoms with Gasteiger partial charge in [0.25, 0.3) is 0 Å². The molecule has 124 valence electrons. The van der Waals surface area contributed by atoms with Crippen molar-refractivity contribution in [1.29, 1.82) is 0 Å². The Morgan fingerprint density at radius 2 is 1.92 bits per heavy atom. The summed E-state index contributed by atoms with van der Waals surface area (Å²) in [5.74, 6) is -0.233. The van der Waals surface area contributed by atoms with Gasteiger partial charge >= 0.3 is 0 Å². The summed E-state index contributed by atoms with van der Waals surface area (Å²) < 4.78 is 18.6. The zero-order valence-electron chi connectivity index (χ0n) is 13.3. The third kappa shape index (κ3) is 3.73. The number of nitrogens with zero attached hydrogens (tertiary/aromatic N) is 1. The van der Waals surface area contributed by atoms with Crippen molar-refractivity contribution in [3.8, 4) is 0 Å². The topological polar surface area (TPSA) is 34.1 Å². The van der Waals surface area contributed by atoms with E-state index in [1.54, 1.807) is 25.4 Å². The molecule has 3 aromatic rings. The van der Waals surface area contributed by atoms with Crippen molar-refractivity contribution in [3.63, 3.8) is 0 Å². The lowest BCUT2D eigenvalue weighted by Gasteiger charge is -2.19. The summed E-state index contributed by atoms with van der Waals surface area (Å²) >= 11 is 6.38. The lowest BCUT2D eigenvalue weighted by atomic mass is 10.0. The lowest BCUT2D eigenvalue weighted by molar-refractivity contribution is 0.103. The van der Waals surface area contributed by atoms with E-state index >= 15 is 0 Å². The highest BCUT2D eigenvalue weighted by molar-refractivity contribution is 6.32. The SMILES string of the molecule is COC(CNCc1ccc(F)cc1)c1c(Cl)cnc2ccccc12. The van der Waals surface area contributed by atoms with Crippen molar-refractivity contribution in [2.45, 2.75) is 12.6 Å². The first-order valence-corrected chi connectivity index (χ1v) is 8.08. The number of aromatic nitrogens is 1. The maximum atomic E-state index is 12.9. The number of hydrogen-bond acceptors (Lipinski definition) is 3. The van der Waals surface area contributed by atoms with Crippen LogP contribution in [0.1, 0.15) is 17.2 Å². The summed E-state index contributed by atoms with van der Waals surface area (Å²) in [5, 5.41) is 4.91. The van der Waals surface area contributed by atoms with E-state index in [1.807, 2.05) is 24.3 Å². The molecule has 0 aliphatic rings. The van der Waals surface area contributed by atoms with Crippen LogP contribution in [-0.2, 0) is 11.3 Å². The van der Waals surface area contributed by atoms with E-state index in [1.165, 1.54) is 12.1 Å². The van der Waals surface area contributed by atoms with Gasteiger partial charge in [-0.1, -0.05) is 41.9 Å². The van der Waals surface area contributed by atoms with Crippen molar-refractivity contribution in [2.75, 3.05) is 13.7 Å². The second-order valence-electron chi connectivity index (χ2n) is 5.52. The van der Waals surface area contributed by atoms with Crippen LogP contribution in [0.3, 0.4) is 0 Å².